The molecule has 2 aromatic rings. The Balaban J connectivity index is 1.68. The first-order valence-corrected chi connectivity index (χ1v) is 10.9. The first-order valence-electron chi connectivity index (χ1n) is 10.9. The highest BCUT2D eigenvalue weighted by Gasteiger charge is 2.31. The predicted molar refractivity (Wildman–Crippen MR) is 125 cm³/mol. The molecule has 1 aliphatic rings. The minimum atomic E-state index is -1.01. The molecular formula is C26H28N2O5. The molecule has 172 valence electrons. The minimum Gasteiger partial charge on any atom is -0.481 e. The molecule has 2 N–H and O–H groups in total. The Bertz CT molecular complexity index is 1030. The van der Waals surface area contributed by atoms with Crippen molar-refractivity contribution >= 4 is 18.0 Å². The molecule has 2 aromatic carbocycles. The number of hydrogen-bond donors (Lipinski definition) is 2. The smallest absolute Gasteiger partial charge is 0.407 e. The van der Waals surface area contributed by atoms with Crippen LogP contribution < -0.4 is 5.32 Å². The highest BCUT2D eigenvalue weighted by atomic mass is 16.5. The third kappa shape index (κ3) is 5.53. The molecule has 1 unspecified atom stereocenters. The van der Waals surface area contributed by atoms with Crippen molar-refractivity contribution in [1.82, 2.24) is 10.2 Å². The van der Waals surface area contributed by atoms with Crippen LogP contribution in [0, 0.1) is 12.3 Å². The molecule has 0 aromatic heterocycles. The van der Waals surface area contributed by atoms with Crippen LogP contribution in [0.25, 0.3) is 11.1 Å². The minimum absolute atomic E-state index is 0.0271. The number of rotatable bonds is 9. The van der Waals surface area contributed by atoms with Crippen molar-refractivity contribution in [1.29, 1.82) is 0 Å². The van der Waals surface area contributed by atoms with Crippen LogP contribution in [0.1, 0.15) is 43.7 Å². The Morgan fingerprint density at radius 3 is 2.18 bits per heavy atom. The normalized spacial score (nSPS) is 12.9. The molecule has 2 amide bonds. The molecule has 0 saturated heterocycles. The lowest BCUT2D eigenvalue weighted by molar-refractivity contribution is -0.139. The zero-order valence-electron chi connectivity index (χ0n) is 18.8. The van der Waals surface area contributed by atoms with Crippen LogP contribution in [0.5, 0.6) is 0 Å². The first kappa shape index (κ1) is 23.9. The van der Waals surface area contributed by atoms with E-state index in [0.29, 0.717) is 0 Å². The molecule has 1 atom stereocenters. The number of fused-ring (bicyclic) bond motifs is 3. The van der Waals surface area contributed by atoms with Gasteiger partial charge in [0.05, 0.1) is 6.42 Å². The fourth-order valence-corrected chi connectivity index (χ4v) is 4.14. The van der Waals surface area contributed by atoms with Gasteiger partial charge in [-0.05, 0) is 36.1 Å². The number of alkyl carbamates (subject to hydrolysis) is 1. The fraction of sp³-hybridized carbons (Fsp3) is 0.346. The lowest BCUT2D eigenvalue weighted by atomic mass is 9.98. The molecule has 0 heterocycles. The van der Waals surface area contributed by atoms with Crippen molar-refractivity contribution in [3.63, 3.8) is 0 Å². The van der Waals surface area contributed by atoms with E-state index in [1.165, 1.54) is 4.90 Å². The number of amides is 2. The molecule has 0 bridgehead atoms. The largest absolute Gasteiger partial charge is 0.481 e. The SMILES string of the molecule is C#CCC(NC(=O)OCC1c2ccccc2-c2ccccc21)C(=O)N(CCC(=O)O)C(C)C. The number of carboxylic acids is 1. The summed E-state index contributed by atoms with van der Waals surface area (Å²) in [5.41, 5.74) is 4.41. The number of benzene rings is 2. The molecule has 3 rings (SSSR count). The molecule has 33 heavy (non-hydrogen) atoms. The van der Waals surface area contributed by atoms with E-state index in [4.69, 9.17) is 16.3 Å². The van der Waals surface area contributed by atoms with E-state index < -0.39 is 24.0 Å². The molecule has 0 fully saturated rings. The standard InChI is InChI=1S/C26H28N2O5/c1-4-9-23(25(31)28(17(2)3)15-14-24(29)30)27-26(32)33-16-22-20-12-7-5-10-18(20)19-11-6-8-13-21(19)22/h1,5-8,10-13,17,22-23H,9,14-16H2,2-3H3,(H,27,32)(H,29,30). The van der Waals surface area contributed by atoms with Crippen LogP contribution >= 0.6 is 0 Å². The van der Waals surface area contributed by atoms with Gasteiger partial charge in [0.25, 0.3) is 0 Å². The third-order valence-electron chi connectivity index (χ3n) is 5.73. The molecule has 0 saturated carbocycles. The van der Waals surface area contributed by atoms with Gasteiger partial charge < -0.3 is 20.1 Å². The van der Waals surface area contributed by atoms with E-state index in [9.17, 15) is 14.4 Å². The number of carbonyl (C=O) groups excluding carboxylic acids is 2. The van der Waals surface area contributed by atoms with Gasteiger partial charge in [-0.1, -0.05) is 48.5 Å². The van der Waals surface area contributed by atoms with Crippen molar-refractivity contribution in [3.8, 4) is 23.5 Å². The molecular weight excluding hydrogens is 420 g/mol. The maximum absolute atomic E-state index is 13.0. The quantitative estimate of drug-likeness (QED) is 0.571. The summed E-state index contributed by atoms with van der Waals surface area (Å²) in [5, 5.41) is 11.5. The van der Waals surface area contributed by atoms with Crippen molar-refractivity contribution in [3.05, 3.63) is 59.7 Å². The van der Waals surface area contributed by atoms with E-state index in [1.807, 2.05) is 48.5 Å². The molecule has 0 spiro atoms. The Morgan fingerprint density at radius 2 is 1.67 bits per heavy atom. The second kappa shape index (κ2) is 10.7. The zero-order valence-corrected chi connectivity index (χ0v) is 18.8. The number of carboxylic acid groups (broad SMARTS) is 1. The van der Waals surface area contributed by atoms with Crippen molar-refractivity contribution in [2.45, 2.75) is 44.7 Å². The molecule has 1 aliphatic carbocycles. The van der Waals surface area contributed by atoms with E-state index in [-0.39, 0.29) is 38.0 Å². The van der Waals surface area contributed by atoms with Crippen LogP contribution in [0.4, 0.5) is 4.79 Å². The number of ether oxygens (including phenoxy) is 1. The summed E-state index contributed by atoms with van der Waals surface area (Å²) < 4.78 is 5.52. The average molecular weight is 449 g/mol. The van der Waals surface area contributed by atoms with E-state index >= 15 is 0 Å². The van der Waals surface area contributed by atoms with Crippen LogP contribution in [0.2, 0.25) is 0 Å². The number of carbonyl (C=O) groups is 3. The number of terminal acetylenes is 1. The number of aliphatic carboxylic acids is 1. The number of nitrogens with zero attached hydrogens (tertiary/aromatic N) is 1. The molecule has 7 nitrogen and oxygen atoms in total. The van der Waals surface area contributed by atoms with Gasteiger partial charge in [0.1, 0.15) is 12.6 Å². The Morgan fingerprint density at radius 1 is 1.09 bits per heavy atom. The van der Waals surface area contributed by atoms with E-state index in [2.05, 4.69) is 11.2 Å². The highest BCUT2D eigenvalue weighted by Crippen LogP contribution is 2.44. The molecule has 0 radical (unpaired) electrons. The fourth-order valence-electron chi connectivity index (χ4n) is 4.14. The van der Waals surface area contributed by atoms with Crippen molar-refractivity contribution in [2.24, 2.45) is 0 Å². The van der Waals surface area contributed by atoms with Gasteiger partial charge in [0, 0.05) is 24.9 Å². The van der Waals surface area contributed by atoms with E-state index in [0.717, 1.165) is 22.3 Å². The van der Waals surface area contributed by atoms with Crippen LogP contribution in [0.15, 0.2) is 48.5 Å². The molecule has 0 aliphatic heterocycles. The van der Waals surface area contributed by atoms with Crippen LogP contribution in [-0.4, -0.2) is 53.2 Å². The zero-order chi connectivity index (χ0) is 24.0. The Labute approximate surface area is 193 Å². The second-order valence-corrected chi connectivity index (χ2v) is 8.20. The number of hydrogen-bond acceptors (Lipinski definition) is 4. The van der Waals surface area contributed by atoms with Crippen molar-refractivity contribution in [2.75, 3.05) is 13.2 Å². The topological polar surface area (TPSA) is 95.9 Å². The van der Waals surface area contributed by atoms with Crippen LogP contribution in [-0.2, 0) is 14.3 Å². The summed E-state index contributed by atoms with van der Waals surface area (Å²) in [6.45, 7) is 3.70. The summed E-state index contributed by atoms with van der Waals surface area (Å²) in [7, 11) is 0. The van der Waals surface area contributed by atoms with Gasteiger partial charge in [-0.3, -0.25) is 9.59 Å². The molecule has 7 heteroatoms. The lowest BCUT2D eigenvalue weighted by Crippen LogP contribution is -2.51. The van der Waals surface area contributed by atoms with Gasteiger partial charge in [-0.25, -0.2) is 4.79 Å². The predicted octanol–water partition coefficient (Wildman–Crippen LogP) is 3.63. The summed E-state index contributed by atoms with van der Waals surface area (Å²) in [4.78, 5) is 37.9. The summed E-state index contributed by atoms with van der Waals surface area (Å²) in [5.74, 6) is 0.857. The summed E-state index contributed by atoms with van der Waals surface area (Å²) in [6, 6.07) is 14.8. The second-order valence-electron chi connectivity index (χ2n) is 8.20. The summed E-state index contributed by atoms with van der Waals surface area (Å²) in [6.07, 6.45) is 4.45. The Hall–Kier alpha value is -3.79. The summed E-state index contributed by atoms with van der Waals surface area (Å²) >= 11 is 0. The average Bonchev–Trinajstić information content (AvgIpc) is 3.11. The van der Waals surface area contributed by atoms with Crippen LogP contribution in [0.3, 0.4) is 0 Å². The van der Waals surface area contributed by atoms with Gasteiger partial charge in [0.2, 0.25) is 5.91 Å². The third-order valence-corrected chi connectivity index (χ3v) is 5.73. The number of nitrogens with one attached hydrogen (secondary N) is 1. The van der Waals surface area contributed by atoms with E-state index in [1.54, 1.807) is 13.8 Å². The first-order chi connectivity index (χ1) is 15.8. The van der Waals surface area contributed by atoms with Gasteiger partial charge in [-0.15, -0.1) is 12.3 Å². The monoisotopic (exact) mass is 448 g/mol. The van der Waals surface area contributed by atoms with Gasteiger partial charge in [0.15, 0.2) is 0 Å². The maximum atomic E-state index is 13.0. The van der Waals surface area contributed by atoms with Crippen molar-refractivity contribution < 1.29 is 24.2 Å². The van der Waals surface area contributed by atoms with Gasteiger partial charge in [-0.2, -0.15) is 0 Å². The maximum Gasteiger partial charge on any atom is 0.407 e. The van der Waals surface area contributed by atoms with Gasteiger partial charge >= 0.3 is 12.1 Å². The highest BCUT2D eigenvalue weighted by molar-refractivity contribution is 5.86. The Kier molecular flexibility index (Phi) is 7.73. The lowest BCUT2D eigenvalue weighted by Gasteiger charge is -2.30.